The van der Waals surface area contributed by atoms with Crippen LogP contribution in [0.2, 0.25) is 0 Å². The molecule has 1 aliphatic rings. The Morgan fingerprint density at radius 1 is 1.18 bits per heavy atom. The monoisotopic (exact) mass is 379 g/mol. The van der Waals surface area contributed by atoms with Crippen LogP contribution in [0.3, 0.4) is 0 Å². The predicted molar refractivity (Wildman–Crippen MR) is 98.9 cm³/mol. The first-order valence-electron chi connectivity index (χ1n) is 8.57. The topological polar surface area (TPSA) is 108 Å². The normalized spacial score (nSPS) is 12.9. The molecule has 28 heavy (non-hydrogen) atoms. The Balaban J connectivity index is 1.77. The van der Waals surface area contributed by atoms with Gasteiger partial charge in [-0.05, 0) is 30.3 Å². The molecule has 2 aromatic heterocycles. The molecule has 0 spiro atoms. The molecule has 1 aliphatic heterocycles. The lowest BCUT2D eigenvalue weighted by Gasteiger charge is -2.13. The third-order valence-electron chi connectivity index (χ3n) is 4.40. The van der Waals surface area contributed by atoms with E-state index in [1.807, 2.05) is 0 Å². The fraction of sp³-hybridized carbons (Fsp3) is 0.211. The number of methoxy groups -OCH3 is 2. The number of amides is 1. The zero-order valence-electron chi connectivity index (χ0n) is 15.3. The first kappa shape index (κ1) is 17.7. The van der Waals surface area contributed by atoms with Gasteiger partial charge in [0.05, 0.1) is 37.6 Å². The molecule has 0 saturated heterocycles. The third kappa shape index (κ3) is 3.07. The van der Waals surface area contributed by atoms with E-state index in [0.29, 0.717) is 52.9 Å². The number of carbonyl (C=O) groups excluding carboxylic acids is 2. The number of aromatic nitrogens is 4. The number of carbonyl (C=O) groups is 2. The van der Waals surface area contributed by atoms with E-state index in [-0.39, 0.29) is 5.91 Å². The fourth-order valence-electron chi connectivity index (χ4n) is 3.02. The van der Waals surface area contributed by atoms with Crippen molar-refractivity contribution in [2.24, 2.45) is 0 Å². The summed E-state index contributed by atoms with van der Waals surface area (Å²) in [5.74, 6) is 0.267. The quantitative estimate of drug-likeness (QED) is 0.685. The average molecular weight is 379 g/mol. The Kier molecular flexibility index (Phi) is 4.48. The lowest BCUT2D eigenvalue weighted by atomic mass is 10.1. The molecular weight excluding hydrogens is 362 g/mol. The van der Waals surface area contributed by atoms with Crippen molar-refractivity contribution in [3.63, 3.8) is 0 Å². The van der Waals surface area contributed by atoms with Crippen LogP contribution >= 0.6 is 0 Å². The molecule has 0 saturated carbocycles. The molecule has 9 heteroatoms. The van der Waals surface area contributed by atoms with Gasteiger partial charge in [0, 0.05) is 12.7 Å². The van der Waals surface area contributed by atoms with E-state index >= 15 is 0 Å². The van der Waals surface area contributed by atoms with Gasteiger partial charge >= 0.3 is 5.97 Å². The van der Waals surface area contributed by atoms with E-state index in [1.165, 1.54) is 14.2 Å². The van der Waals surface area contributed by atoms with E-state index in [9.17, 15) is 9.59 Å². The number of ether oxygens (including phenoxy) is 2. The first-order valence-corrected chi connectivity index (χ1v) is 8.57. The molecule has 0 fully saturated rings. The molecule has 0 bridgehead atoms. The van der Waals surface area contributed by atoms with Crippen molar-refractivity contribution < 1.29 is 19.1 Å². The van der Waals surface area contributed by atoms with Gasteiger partial charge in [0.25, 0.3) is 5.91 Å². The average Bonchev–Trinajstić information content (AvgIpc) is 3.18. The summed E-state index contributed by atoms with van der Waals surface area (Å²) in [5, 5.41) is 7.25. The number of hydrogen-bond donors (Lipinski definition) is 1. The maximum atomic E-state index is 12.0. The zero-order valence-corrected chi connectivity index (χ0v) is 15.3. The number of nitrogens with one attached hydrogen (secondary N) is 1. The number of hydrogen-bond acceptors (Lipinski definition) is 7. The van der Waals surface area contributed by atoms with Crippen molar-refractivity contribution >= 4 is 11.9 Å². The lowest BCUT2D eigenvalue weighted by molar-refractivity contribution is 0.0600. The molecule has 1 amide bonds. The zero-order chi connectivity index (χ0) is 19.7. The van der Waals surface area contributed by atoms with Gasteiger partial charge in [-0.15, -0.1) is 0 Å². The van der Waals surface area contributed by atoms with E-state index in [4.69, 9.17) is 9.47 Å². The molecule has 9 nitrogen and oxygen atoms in total. The summed E-state index contributed by atoms with van der Waals surface area (Å²) in [7, 11) is 2.85. The molecule has 1 aromatic carbocycles. The van der Waals surface area contributed by atoms with Gasteiger partial charge in [-0.1, -0.05) is 0 Å². The first-order chi connectivity index (χ1) is 13.6. The number of rotatable bonds is 4. The predicted octanol–water partition coefficient (Wildman–Crippen LogP) is 1.55. The minimum atomic E-state index is -0.465. The summed E-state index contributed by atoms with van der Waals surface area (Å²) < 4.78 is 11.8. The van der Waals surface area contributed by atoms with Gasteiger partial charge in [0.1, 0.15) is 17.1 Å². The lowest BCUT2D eigenvalue weighted by Crippen LogP contribution is -2.35. The number of benzene rings is 1. The summed E-state index contributed by atoms with van der Waals surface area (Å²) in [6.45, 7) is 1.15. The van der Waals surface area contributed by atoms with Gasteiger partial charge in [0.2, 0.25) is 0 Å². The van der Waals surface area contributed by atoms with Gasteiger partial charge in [0.15, 0.2) is 5.82 Å². The summed E-state index contributed by atoms with van der Waals surface area (Å²) in [5.41, 5.74) is 2.53. The van der Waals surface area contributed by atoms with Crippen molar-refractivity contribution in [2.45, 2.75) is 6.54 Å². The second-order valence-electron chi connectivity index (χ2n) is 6.07. The molecule has 1 N–H and O–H groups in total. The maximum Gasteiger partial charge on any atom is 0.337 e. The second kappa shape index (κ2) is 7.10. The summed E-state index contributed by atoms with van der Waals surface area (Å²) in [4.78, 5) is 32.7. The van der Waals surface area contributed by atoms with Gasteiger partial charge in [-0.2, -0.15) is 5.10 Å². The number of nitrogens with zero attached hydrogens (tertiary/aromatic N) is 4. The third-order valence-corrected chi connectivity index (χ3v) is 4.40. The molecule has 0 unspecified atom stereocenters. The van der Waals surface area contributed by atoms with Crippen LogP contribution in [0.5, 0.6) is 5.75 Å². The highest BCUT2D eigenvalue weighted by Crippen LogP contribution is 2.30. The van der Waals surface area contributed by atoms with Crippen molar-refractivity contribution in [2.75, 3.05) is 20.8 Å². The van der Waals surface area contributed by atoms with Crippen molar-refractivity contribution in [3.8, 4) is 28.5 Å². The molecule has 0 radical (unpaired) electrons. The van der Waals surface area contributed by atoms with E-state index in [0.717, 1.165) is 0 Å². The smallest absolute Gasteiger partial charge is 0.337 e. The molecule has 3 aromatic rings. The summed E-state index contributed by atoms with van der Waals surface area (Å²) in [6.07, 6.45) is 1.60. The highest BCUT2D eigenvalue weighted by atomic mass is 16.5. The summed E-state index contributed by atoms with van der Waals surface area (Å²) >= 11 is 0. The molecule has 0 atom stereocenters. The van der Waals surface area contributed by atoms with E-state index < -0.39 is 5.97 Å². The number of fused-ring (bicyclic) bond motifs is 1. The minimum Gasteiger partial charge on any atom is -0.496 e. The van der Waals surface area contributed by atoms with Gasteiger partial charge in [-0.3, -0.25) is 9.48 Å². The van der Waals surface area contributed by atoms with Crippen LogP contribution in [0.25, 0.3) is 22.8 Å². The van der Waals surface area contributed by atoms with E-state index in [2.05, 4.69) is 20.4 Å². The molecular formula is C19H17N5O4. The van der Waals surface area contributed by atoms with E-state index in [1.54, 1.807) is 41.2 Å². The SMILES string of the molecule is COC(=O)c1ccc(OC)c(-c2nccc(-c3cc4n(n3)CCNC4=O)n2)c1. The van der Waals surface area contributed by atoms with Crippen molar-refractivity contribution in [3.05, 3.63) is 47.8 Å². The maximum absolute atomic E-state index is 12.0. The van der Waals surface area contributed by atoms with Crippen LogP contribution in [0.1, 0.15) is 20.8 Å². The molecule has 142 valence electrons. The second-order valence-corrected chi connectivity index (χ2v) is 6.07. The number of esters is 1. The Morgan fingerprint density at radius 2 is 2.04 bits per heavy atom. The Bertz CT molecular complexity index is 1080. The highest BCUT2D eigenvalue weighted by Gasteiger charge is 2.21. The largest absolute Gasteiger partial charge is 0.496 e. The molecule has 0 aliphatic carbocycles. The van der Waals surface area contributed by atoms with Crippen LogP contribution in [0.15, 0.2) is 36.5 Å². The Hall–Kier alpha value is -3.75. The molecule has 3 heterocycles. The highest BCUT2D eigenvalue weighted by molar-refractivity contribution is 5.94. The van der Waals surface area contributed by atoms with Crippen LogP contribution in [-0.2, 0) is 11.3 Å². The fourth-order valence-corrected chi connectivity index (χ4v) is 3.02. The Morgan fingerprint density at radius 3 is 2.79 bits per heavy atom. The van der Waals surface area contributed by atoms with Crippen LogP contribution in [0.4, 0.5) is 0 Å². The molecule has 4 rings (SSSR count). The van der Waals surface area contributed by atoms with Crippen molar-refractivity contribution in [1.29, 1.82) is 0 Å². The van der Waals surface area contributed by atoms with Crippen molar-refractivity contribution in [1.82, 2.24) is 25.1 Å². The van der Waals surface area contributed by atoms with Gasteiger partial charge in [-0.25, -0.2) is 14.8 Å². The summed E-state index contributed by atoms with van der Waals surface area (Å²) in [6, 6.07) is 8.31. The minimum absolute atomic E-state index is 0.160. The van der Waals surface area contributed by atoms with Crippen LogP contribution < -0.4 is 10.1 Å². The van der Waals surface area contributed by atoms with Gasteiger partial charge < -0.3 is 14.8 Å². The van der Waals surface area contributed by atoms with Crippen LogP contribution in [0, 0.1) is 0 Å². The standard InChI is InChI=1S/C19H17N5O4/c1-27-16-4-3-11(19(26)28-2)9-12(16)17-20-6-5-13(22-17)14-10-15-18(25)21-7-8-24(15)23-14/h3-6,9-10H,7-8H2,1-2H3,(H,21,25). The van der Waals surface area contributed by atoms with Crippen LogP contribution in [-0.4, -0.2) is 52.4 Å². The Labute approximate surface area is 160 Å².